The van der Waals surface area contributed by atoms with Crippen molar-refractivity contribution in [2.75, 3.05) is 0 Å². The molecule has 3 rings (SSSR count). The number of nitrogens with zero attached hydrogens (tertiary/aromatic N) is 3. The fourth-order valence-corrected chi connectivity index (χ4v) is 3.62. The van der Waals surface area contributed by atoms with Crippen molar-refractivity contribution in [1.82, 2.24) is 15.2 Å². The third kappa shape index (κ3) is 5.08. The number of amides is 1. The highest BCUT2D eigenvalue weighted by Gasteiger charge is 2.21. The average Bonchev–Trinajstić information content (AvgIpc) is 3.07. The zero-order valence-corrected chi connectivity index (χ0v) is 16.2. The first kappa shape index (κ1) is 18.9. The number of hydrogen-bond acceptors (Lipinski definition) is 4. The fourth-order valence-electron chi connectivity index (χ4n) is 2.58. The van der Waals surface area contributed by atoms with Gasteiger partial charge in [0.05, 0.1) is 11.9 Å². The molecule has 0 fully saturated rings. The van der Waals surface area contributed by atoms with E-state index in [4.69, 9.17) is 0 Å². The highest BCUT2D eigenvalue weighted by molar-refractivity contribution is 8.00. The first-order valence-electron chi connectivity index (χ1n) is 8.81. The Morgan fingerprint density at radius 2 is 1.85 bits per heavy atom. The van der Waals surface area contributed by atoms with Crippen LogP contribution in [0.4, 0.5) is 0 Å². The molecule has 3 aromatic rings. The number of nitrogens with one attached hydrogen (secondary N) is 1. The van der Waals surface area contributed by atoms with E-state index in [1.54, 1.807) is 6.21 Å². The molecule has 0 spiro atoms. The van der Waals surface area contributed by atoms with Crippen LogP contribution in [0, 0.1) is 6.92 Å². The van der Waals surface area contributed by atoms with E-state index in [0.29, 0.717) is 0 Å². The van der Waals surface area contributed by atoms with Crippen molar-refractivity contribution in [3.8, 4) is 0 Å². The van der Waals surface area contributed by atoms with E-state index in [9.17, 15) is 4.79 Å². The zero-order valence-electron chi connectivity index (χ0n) is 15.4. The monoisotopic (exact) mass is 378 g/mol. The lowest BCUT2D eigenvalue weighted by atomic mass is 10.1. The maximum Gasteiger partial charge on any atom is 0.258 e. The van der Waals surface area contributed by atoms with Gasteiger partial charge in [0.25, 0.3) is 5.91 Å². The van der Waals surface area contributed by atoms with Gasteiger partial charge >= 0.3 is 0 Å². The van der Waals surface area contributed by atoms with Crippen molar-refractivity contribution < 1.29 is 4.79 Å². The van der Waals surface area contributed by atoms with Gasteiger partial charge in [-0.2, -0.15) is 10.2 Å². The standard InChI is InChI=1S/C21H22N4OS/c1-3-25-15-18(16(2)24-25)14-22-23-21(26)20(17-10-6-4-7-11-17)27-19-12-8-5-9-13-19/h4-15,20H,3H2,1-2H3,(H,23,26)/b22-14-/t20-/m1/s1. The Hall–Kier alpha value is -2.86. The molecule has 1 aromatic heterocycles. The van der Waals surface area contributed by atoms with Crippen LogP contribution in [0.1, 0.15) is 29.0 Å². The van der Waals surface area contributed by atoms with Crippen LogP contribution in [-0.2, 0) is 11.3 Å². The van der Waals surface area contributed by atoms with Crippen LogP contribution in [-0.4, -0.2) is 21.9 Å². The summed E-state index contributed by atoms with van der Waals surface area (Å²) < 4.78 is 1.84. The van der Waals surface area contributed by atoms with E-state index in [1.807, 2.05) is 85.4 Å². The minimum atomic E-state index is -0.384. The third-order valence-electron chi connectivity index (χ3n) is 4.02. The van der Waals surface area contributed by atoms with Gasteiger partial charge in [-0.25, -0.2) is 5.43 Å². The summed E-state index contributed by atoms with van der Waals surface area (Å²) in [5.41, 5.74) is 5.39. The molecule has 0 saturated heterocycles. The van der Waals surface area contributed by atoms with E-state index < -0.39 is 0 Å². The molecule has 0 aliphatic heterocycles. The van der Waals surface area contributed by atoms with Crippen LogP contribution in [0.5, 0.6) is 0 Å². The predicted octanol–water partition coefficient (Wildman–Crippen LogP) is 4.20. The number of benzene rings is 2. The second kappa shape index (κ2) is 9.19. The molecule has 0 bridgehead atoms. The molecule has 5 nitrogen and oxygen atoms in total. The molecule has 1 atom stereocenters. The number of thioether (sulfide) groups is 1. The van der Waals surface area contributed by atoms with E-state index in [-0.39, 0.29) is 11.2 Å². The van der Waals surface area contributed by atoms with Crippen LogP contribution in [0.3, 0.4) is 0 Å². The summed E-state index contributed by atoms with van der Waals surface area (Å²) in [6.45, 7) is 4.75. The highest BCUT2D eigenvalue weighted by Crippen LogP contribution is 2.35. The van der Waals surface area contributed by atoms with Crippen molar-refractivity contribution in [2.24, 2.45) is 5.10 Å². The van der Waals surface area contributed by atoms with E-state index >= 15 is 0 Å². The fraction of sp³-hybridized carbons (Fsp3) is 0.190. The van der Waals surface area contributed by atoms with Gasteiger partial charge in [0.15, 0.2) is 0 Å². The normalized spacial score (nSPS) is 12.2. The van der Waals surface area contributed by atoms with E-state index in [0.717, 1.165) is 28.3 Å². The van der Waals surface area contributed by atoms with Gasteiger partial charge in [-0.1, -0.05) is 48.5 Å². The molecule has 0 radical (unpaired) electrons. The molecule has 0 aliphatic carbocycles. The molecule has 27 heavy (non-hydrogen) atoms. The number of hydrogen-bond donors (Lipinski definition) is 1. The smallest absolute Gasteiger partial charge is 0.258 e. The van der Waals surface area contributed by atoms with Crippen LogP contribution < -0.4 is 5.43 Å². The second-order valence-electron chi connectivity index (χ2n) is 5.98. The summed E-state index contributed by atoms with van der Waals surface area (Å²) in [4.78, 5) is 13.9. The van der Waals surface area contributed by atoms with Crippen LogP contribution in [0.25, 0.3) is 0 Å². The number of rotatable bonds is 7. The van der Waals surface area contributed by atoms with Gasteiger partial charge in [-0.3, -0.25) is 9.48 Å². The molecule has 0 aliphatic rings. The molecule has 2 aromatic carbocycles. The molecule has 1 amide bonds. The van der Waals surface area contributed by atoms with Gasteiger partial charge in [-0.15, -0.1) is 11.8 Å². The van der Waals surface area contributed by atoms with Crippen molar-refractivity contribution in [3.05, 3.63) is 83.7 Å². The lowest BCUT2D eigenvalue weighted by Gasteiger charge is -2.15. The summed E-state index contributed by atoms with van der Waals surface area (Å²) in [6.07, 6.45) is 3.56. The average molecular weight is 379 g/mol. The molecule has 0 saturated carbocycles. The Labute approximate surface area is 163 Å². The predicted molar refractivity (Wildman–Crippen MR) is 110 cm³/mol. The summed E-state index contributed by atoms with van der Waals surface area (Å²) in [5, 5.41) is 8.14. The summed E-state index contributed by atoms with van der Waals surface area (Å²) >= 11 is 1.50. The lowest BCUT2D eigenvalue weighted by Crippen LogP contribution is -2.23. The zero-order chi connectivity index (χ0) is 19.1. The first-order chi connectivity index (χ1) is 13.2. The molecule has 0 unspecified atom stereocenters. The first-order valence-corrected chi connectivity index (χ1v) is 9.69. The summed E-state index contributed by atoms with van der Waals surface area (Å²) in [7, 11) is 0. The van der Waals surface area contributed by atoms with Gasteiger partial charge in [0.2, 0.25) is 0 Å². The van der Waals surface area contributed by atoms with E-state index in [2.05, 4.69) is 15.6 Å². The topological polar surface area (TPSA) is 59.3 Å². The van der Waals surface area contributed by atoms with Crippen LogP contribution in [0.15, 0.2) is 76.9 Å². The van der Waals surface area contributed by atoms with Crippen molar-refractivity contribution >= 4 is 23.9 Å². The van der Waals surface area contributed by atoms with Gasteiger partial charge < -0.3 is 0 Å². The van der Waals surface area contributed by atoms with Crippen molar-refractivity contribution in [2.45, 2.75) is 30.5 Å². The Kier molecular flexibility index (Phi) is 6.44. The molecule has 1 heterocycles. The maximum atomic E-state index is 12.8. The maximum absolute atomic E-state index is 12.8. The van der Waals surface area contributed by atoms with Gasteiger partial charge in [0, 0.05) is 23.2 Å². The molecular formula is C21H22N4OS. The Morgan fingerprint density at radius 1 is 1.19 bits per heavy atom. The van der Waals surface area contributed by atoms with Crippen molar-refractivity contribution in [1.29, 1.82) is 0 Å². The number of carbonyl (C=O) groups is 1. The number of carbonyl (C=O) groups excluding carboxylic acids is 1. The number of aryl methyl sites for hydroxylation is 2. The molecule has 1 N–H and O–H groups in total. The van der Waals surface area contributed by atoms with Crippen molar-refractivity contribution in [3.63, 3.8) is 0 Å². The van der Waals surface area contributed by atoms with Crippen LogP contribution >= 0.6 is 11.8 Å². The second-order valence-corrected chi connectivity index (χ2v) is 7.16. The summed E-state index contributed by atoms with van der Waals surface area (Å²) in [6, 6.07) is 19.6. The minimum absolute atomic E-state index is 0.160. The largest absolute Gasteiger partial charge is 0.272 e. The molecule has 6 heteroatoms. The Balaban J connectivity index is 1.74. The van der Waals surface area contributed by atoms with E-state index in [1.165, 1.54) is 11.8 Å². The Bertz CT molecular complexity index is 906. The lowest BCUT2D eigenvalue weighted by molar-refractivity contribution is -0.120. The SMILES string of the molecule is CCn1cc(/C=N\NC(=O)[C@H](Sc2ccccc2)c2ccccc2)c(C)n1. The van der Waals surface area contributed by atoms with Gasteiger partial charge in [0.1, 0.15) is 5.25 Å². The molecule has 138 valence electrons. The number of aromatic nitrogens is 2. The van der Waals surface area contributed by atoms with Crippen LogP contribution in [0.2, 0.25) is 0 Å². The number of hydrazone groups is 1. The minimum Gasteiger partial charge on any atom is -0.272 e. The Morgan fingerprint density at radius 3 is 2.48 bits per heavy atom. The molecular weight excluding hydrogens is 356 g/mol. The highest BCUT2D eigenvalue weighted by atomic mass is 32.2. The van der Waals surface area contributed by atoms with Gasteiger partial charge in [-0.05, 0) is 31.5 Å². The third-order valence-corrected chi connectivity index (χ3v) is 5.29. The summed E-state index contributed by atoms with van der Waals surface area (Å²) in [5.74, 6) is -0.160. The quantitative estimate of drug-likeness (QED) is 0.381.